The molecule has 1 N–H and O–H groups in total. The van der Waals surface area contributed by atoms with Gasteiger partial charge in [0.05, 0.1) is 4.90 Å². The normalized spacial score (nSPS) is 11.5. The van der Waals surface area contributed by atoms with Gasteiger partial charge in [-0.2, -0.15) is 4.31 Å². The molecule has 24 heavy (non-hydrogen) atoms. The number of hydrogen-bond acceptors (Lipinski definition) is 3. The highest BCUT2D eigenvalue weighted by Crippen LogP contribution is 2.19. The summed E-state index contributed by atoms with van der Waals surface area (Å²) in [5.41, 5.74) is 0.936. The number of hydrogen-bond donors (Lipinski definition) is 1. The van der Waals surface area contributed by atoms with Crippen LogP contribution in [0.2, 0.25) is 0 Å². The molecule has 0 heterocycles. The quantitative estimate of drug-likeness (QED) is 0.788. The lowest BCUT2D eigenvalue weighted by Crippen LogP contribution is -2.30. The fourth-order valence-electron chi connectivity index (χ4n) is 2.25. The maximum absolute atomic E-state index is 12.6. The Morgan fingerprint density at radius 2 is 1.71 bits per heavy atom. The van der Waals surface area contributed by atoms with Gasteiger partial charge in [0.25, 0.3) is 5.91 Å². The molecule has 0 aliphatic carbocycles. The second-order valence-corrected chi connectivity index (χ2v) is 7.93. The maximum atomic E-state index is 12.6. The lowest BCUT2D eigenvalue weighted by atomic mass is 10.2. The van der Waals surface area contributed by atoms with Gasteiger partial charge in [-0.3, -0.25) is 4.79 Å². The first-order valence-corrected chi connectivity index (χ1v) is 9.79. The Morgan fingerprint density at radius 1 is 1.08 bits per heavy atom. The first-order valence-electron chi connectivity index (χ1n) is 7.55. The van der Waals surface area contributed by atoms with Crippen LogP contribution < -0.4 is 5.32 Å². The van der Waals surface area contributed by atoms with Crippen LogP contribution in [0.15, 0.2) is 57.9 Å². The van der Waals surface area contributed by atoms with Crippen LogP contribution in [0.5, 0.6) is 0 Å². The van der Waals surface area contributed by atoms with Gasteiger partial charge in [0.2, 0.25) is 10.0 Å². The molecule has 0 atom stereocenters. The number of anilines is 1. The van der Waals surface area contributed by atoms with Gasteiger partial charge in [-0.25, -0.2) is 8.42 Å². The summed E-state index contributed by atoms with van der Waals surface area (Å²) in [5, 5.41) is 2.75. The predicted molar refractivity (Wildman–Crippen MR) is 98.6 cm³/mol. The average Bonchev–Trinajstić information content (AvgIpc) is 2.58. The Kier molecular flexibility index (Phi) is 6.15. The SMILES string of the molecule is CCN(CC)S(=O)(=O)c1cccc(C(=O)Nc2ccc(Br)cc2)c1. The van der Waals surface area contributed by atoms with E-state index in [0.29, 0.717) is 24.3 Å². The van der Waals surface area contributed by atoms with Gasteiger partial charge in [-0.05, 0) is 42.5 Å². The molecule has 5 nitrogen and oxygen atoms in total. The third-order valence-electron chi connectivity index (χ3n) is 3.54. The van der Waals surface area contributed by atoms with Crippen LogP contribution in [-0.4, -0.2) is 31.7 Å². The molecule has 0 aromatic heterocycles. The molecule has 0 aliphatic rings. The van der Waals surface area contributed by atoms with Crippen molar-refractivity contribution < 1.29 is 13.2 Å². The lowest BCUT2D eigenvalue weighted by molar-refractivity contribution is 0.102. The summed E-state index contributed by atoms with van der Waals surface area (Å²) < 4.78 is 27.4. The molecular weight excluding hydrogens is 392 g/mol. The monoisotopic (exact) mass is 410 g/mol. The Morgan fingerprint density at radius 3 is 2.29 bits per heavy atom. The van der Waals surface area contributed by atoms with Crippen LogP contribution in [0.25, 0.3) is 0 Å². The number of nitrogens with one attached hydrogen (secondary N) is 1. The van der Waals surface area contributed by atoms with E-state index in [4.69, 9.17) is 0 Å². The van der Waals surface area contributed by atoms with E-state index in [1.54, 1.807) is 38.1 Å². The van der Waals surface area contributed by atoms with E-state index in [0.717, 1.165) is 4.47 Å². The molecule has 1 amide bonds. The van der Waals surface area contributed by atoms with Crippen LogP contribution >= 0.6 is 15.9 Å². The Balaban J connectivity index is 2.26. The van der Waals surface area contributed by atoms with Crippen molar-refractivity contribution in [1.82, 2.24) is 4.31 Å². The summed E-state index contributed by atoms with van der Waals surface area (Å²) >= 11 is 3.33. The molecule has 7 heteroatoms. The smallest absolute Gasteiger partial charge is 0.255 e. The van der Waals surface area contributed by atoms with E-state index in [1.807, 2.05) is 12.1 Å². The number of sulfonamides is 1. The van der Waals surface area contributed by atoms with Gasteiger partial charge in [0.1, 0.15) is 0 Å². The van der Waals surface area contributed by atoms with E-state index in [2.05, 4.69) is 21.2 Å². The molecule has 0 spiro atoms. The number of carbonyl (C=O) groups excluding carboxylic acids is 1. The van der Waals surface area contributed by atoms with Crippen LogP contribution in [0.3, 0.4) is 0 Å². The Hall–Kier alpha value is -1.70. The third-order valence-corrected chi connectivity index (χ3v) is 6.12. The topological polar surface area (TPSA) is 66.5 Å². The standard InChI is InChI=1S/C17H19BrN2O3S/c1-3-20(4-2)24(22,23)16-7-5-6-13(12-16)17(21)19-15-10-8-14(18)9-11-15/h5-12H,3-4H2,1-2H3,(H,19,21). The average molecular weight is 411 g/mol. The number of nitrogens with zero attached hydrogens (tertiary/aromatic N) is 1. The Labute approximate surface area is 150 Å². The van der Waals surface area contributed by atoms with Crippen molar-refractivity contribution in [3.63, 3.8) is 0 Å². The summed E-state index contributed by atoms with van der Waals surface area (Å²) in [6.45, 7) is 4.33. The van der Waals surface area contributed by atoms with Crippen LogP contribution in [0.1, 0.15) is 24.2 Å². The van der Waals surface area contributed by atoms with Crippen LogP contribution in [-0.2, 0) is 10.0 Å². The largest absolute Gasteiger partial charge is 0.322 e. The molecular formula is C17H19BrN2O3S. The summed E-state index contributed by atoms with van der Waals surface area (Å²) in [7, 11) is -3.59. The van der Waals surface area contributed by atoms with Crippen LogP contribution in [0.4, 0.5) is 5.69 Å². The Bertz CT molecular complexity index is 816. The van der Waals surface area contributed by atoms with Crippen LogP contribution in [0, 0.1) is 0 Å². The van der Waals surface area contributed by atoms with Crippen molar-refractivity contribution in [2.75, 3.05) is 18.4 Å². The molecule has 0 unspecified atom stereocenters. The second kappa shape index (κ2) is 7.92. The molecule has 0 aliphatic heterocycles. The van der Waals surface area contributed by atoms with Gasteiger partial charge in [-0.15, -0.1) is 0 Å². The molecule has 0 saturated heterocycles. The molecule has 0 bridgehead atoms. The van der Waals surface area contributed by atoms with E-state index in [9.17, 15) is 13.2 Å². The first-order chi connectivity index (χ1) is 11.4. The van der Waals surface area contributed by atoms with E-state index in [-0.39, 0.29) is 10.8 Å². The minimum absolute atomic E-state index is 0.120. The highest BCUT2D eigenvalue weighted by atomic mass is 79.9. The van der Waals surface area contributed by atoms with Crippen molar-refractivity contribution in [1.29, 1.82) is 0 Å². The van der Waals surface area contributed by atoms with Gasteiger partial charge >= 0.3 is 0 Å². The van der Waals surface area contributed by atoms with Crippen molar-refractivity contribution in [3.8, 4) is 0 Å². The summed E-state index contributed by atoms with van der Waals surface area (Å²) in [4.78, 5) is 12.5. The van der Waals surface area contributed by atoms with Gasteiger partial charge in [0, 0.05) is 28.8 Å². The molecule has 0 radical (unpaired) electrons. The highest BCUT2D eigenvalue weighted by molar-refractivity contribution is 9.10. The summed E-state index contributed by atoms with van der Waals surface area (Å²) in [6, 6.07) is 13.2. The van der Waals surface area contributed by atoms with Crippen molar-refractivity contribution in [2.24, 2.45) is 0 Å². The van der Waals surface area contributed by atoms with E-state index >= 15 is 0 Å². The number of halogens is 1. The summed E-state index contributed by atoms with van der Waals surface area (Å²) in [6.07, 6.45) is 0. The number of benzene rings is 2. The van der Waals surface area contributed by atoms with Crippen molar-refractivity contribution in [2.45, 2.75) is 18.7 Å². The van der Waals surface area contributed by atoms with Gasteiger partial charge in [-0.1, -0.05) is 35.8 Å². The molecule has 0 fully saturated rings. The molecule has 2 rings (SSSR count). The minimum atomic E-state index is -3.59. The summed E-state index contributed by atoms with van der Waals surface area (Å²) in [5.74, 6) is -0.353. The number of amides is 1. The number of carbonyl (C=O) groups is 1. The van der Waals surface area contributed by atoms with Crippen molar-refractivity contribution in [3.05, 3.63) is 58.6 Å². The zero-order valence-corrected chi connectivity index (χ0v) is 15.9. The zero-order chi connectivity index (χ0) is 17.7. The minimum Gasteiger partial charge on any atom is -0.322 e. The molecule has 2 aromatic rings. The fourth-order valence-corrected chi connectivity index (χ4v) is 4.02. The first kappa shape index (κ1) is 18.6. The lowest BCUT2D eigenvalue weighted by Gasteiger charge is -2.18. The molecule has 0 saturated carbocycles. The highest BCUT2D eigenvalue weighted by Gasteiger charge is 2.22. The van der Waals surface area contributed by atoms with E-state index in [1.165, 1.54) is 16.4 Å². The van der Waals surface area contributed by atoms with Crippen molar-refractivity contribution >= 4 is 37.5 Å². The van der Waals surface area contributed by atoms with Gasteiger partial charge < -0.3 is 5.32 Å². The second-order valence-electron chi connectivity index (χ2n) is 5.08. The molecule has 2 aromatic carbocycles. The predicted octanol–water partition coefficient (Wildman–Crippen LogP) is 3.73. The maximum Gasteiger partial charge on any atom is 0.255 e. The van der Waals surface area contributed by atoms with E-state index < -0.39 is 10.0 Å². The fraction of sp³-hybridized carbons (Fsp3) is 0.235. The number of rotatable bonds is 6. The molecule has 128 valence electrons. The van der Waals surface area contributed by atoms with Gasteiger partial charge in [0.15, 0.2) is 0 Å². The third kappa shape index (κ3) is 4.23. The zero-order valence-electron chi connectivity index (χ0n) is 13.5.